The molecule has 0 aromatic carbocycles. The first kappa shape index (κ1) is 14.9. The summed E-state index contributed by atoms with van der Waals surface area (Å²) in [5, 5.41) is 19.1. The Hall–Kier alpha value is 0.410. The van der Waals surface area contributed by atoms with Crippen LogP contribution < -0.4 is 5.32 Å². The molecule has 8 heteroatoms. The highest BCUT2D eigenvalue weighted by atomic mass is 32.5. The standard InChI is InChI=1S/C4H11NO2.H3O3PS/c6-3-1-5-2-4-7;1-4(2,3)5/h5-7H,1-4H2;(H3,1,2,3,5). The van der Waals surface area contributed by atoms with Crippen molar-refractivity contribution in [3.8, 4) is 0 Å². The summed E-state index contributed by atoms with van der Waals surface area (Å²) in [5.41, 5.74) is 0. The van der Waals surface area contributed by atoms with E-state index >= 15 is 0 Å². The molecule has 0 aliphatic rings. The van der Waals surface area contributed by atoms with E-state index in [9.17, 15) is 0 Å². The summed E-state index contributed by atoms with van der Waals surface area (Å²) in [4.78, 5) is 22.7. The number of aliphatic hydroxyl groups is 2. The van der Waals surface area contributed by atoms with E-state index in [-0.39, 0.29) is 13.2 Å². The second-order valence-electron chi connectivity index (χ2n) is 1.71. The van der Waals surface area contributed by atoms with E-state index in [0.29, 0.717) is 13.1 Å². The van der Waals surface area contributed by atoms with Gasteiger partial charge in [0, 0.05) is 13.1 Å². The molecule has 76 valence electrons. The molecule has 0 bridgehead atoms. The third kappa shape index (κ3) is 47.4. The SMILES string of the molecule is OCCNCCO.OP(O)(O)=S. The number of hydrogen-bond donors (Lipinski definition) is 6. The predicted octanol–water partition coefficient (Wildman–Crippen LogP) is -2.25. The molecule has 0 aromatic heterocycles. The van der Waals surface area contributed by atoms with Crippen LogP contribution in [-0.2, 0) is 11.8 Å². The minimum atomic E-state index is -3.81. The van der Waals surface area contributed by atoms with Crippen molar-refractivity contribution < 1.29 is 24.9 Å². The molecule has 0 fully saturated rings. The van der Waals surface area contributed by atoms with Crippen molar-refractivity contribution in [2.24, 2.45) is 0 Å². The van der Waals surface area contributed by atoms with Gasteiger partial charge in [-0.3, -0.25) is 0 Å². The van der Waals surface area contributed by atoms with Crippen molar-refractivity contribution in [3.63, 3.8) is 0 Å². The van der Waals surface area contributed by atoms with Crippen LogP contribution in [0.2, 0.25) is 0 Å². The zero-order valence-electron chi connectivity index (χ0n) is 6.42. The molecule has 0 unspecified atom stereocenters. The Kier molecular flexibility index (Phi) is 11.8. The van der Waals surface area contributed by atoms with Gasteiger partial charge in [-0.2, -0.15) is 0 Å². The second-order valence-corrected chi connectivity index (χ2v) is 4.21. The van der Waals surface area contributed by atoms with Crippen LogP contribution in [0.4, 0.5) is 0 Å². The van der Waals surface area contributed by atoms with Crippen molar-refractivity contribution in [1.82, 2.24) is 5.32 Å². The zero-order chi connectivity index (χ0) is 10.0. The van der Waals surface area contributed by atoms with Crippen LogP contribution in [-0.4, -0.2) is 51.2 Å². The van der Waals surface area contributed by atoms with Gasteiger partial charge < -0.3 is 30.2 Å². The molecule has 12 heavy (non-hydrogen) atoms. The van der Waals surface area contributed by atoms with Gasteiger partial charge in [0.15, 0.2) is 0 Å². The summed E-state index contributed by atoms with van der Waals surface area (Å²) in [5.74, 6) is 0. The molecule has 0 amide bonds. The lowest BCUT2D eigenvalue weighted by Crippen LogP contribution is -2.21. The van der Waals surface area contributed by atoms with Crippen molar-refractivity contribution in [2.75, 3.05) is 26.3 Å². The number of aliphatic hydroxyl groups excluding tert-OH is 2. The fraction of sp³-hybridized carbons (Fsp3) is 1.00. The molecule has 0 saturated carbocycles. The summed E-state index contributed by atoms with van der Waals surface area (Å²) in [6.45, 7) is -2.39. The second kappa shape index (κ2) is 9.50. The molecule has 0 atom stereocenters. The van der Waals surface area contributed by atoms with Gasteiger partial charge in [0.05, 0.1) is 13.2 Å². The fourth-order valence-corrected chi connectivity index (χ4v) is 0.283. The number of rotatable bonds is 4. The number of nitrogens with one attached hydrogen (secondary N) is 1. The summed E-state index contributed by atoms with van der Waals surface area (Å²) < 4.78 is 0. The van der Waals surface area contributed by atoms with E-state index in [2.05, 4.69) is 17.1 Å². The van der Waals surface area contributed by atoms with Crippen LogP contribution in [0.15, 0.2) is 0 Å². The van der Waals surface area contributed by atoms with E-state index in [0.717, 1.165) is 0 Å². The van der Waals surface area contributed by atoms with Crippen LogP contribution >= 0.6 is 6.72 Å². The van der Waals surface area contributed by atoms with Gasteiger partial charge in [-0.1, -0.05) is 0 Å². The molecule has 0 rings (SSSR count). The Morgan fingerprint density at radius 1 is 1.00 bits per heavy atom. The average Bonchev–Trinajstić information content (AvgIpc) is 1.85. The minimum absolute atomic E-state index is 0.139. The molecule has 0 saturated heterocycles. The van der Waals surface area contributed by atoms with Crippen LogP contribution in [0.5, 0.6) is 0 Å². The topological polar surface area (TPSA) is 113 Å². The van der Waals surface area contributed by atoms with Crippen LogP contribution in [0, 0.1) is 0 Å². The third-order valence-electron chi connectivity index (χ3n) is 0.577. The predicted molar refractivity (Wildman–Crippen MR) is 48.0 cm³/mol. The first-order chi connectivity index (χ1) is 5.41. The maximum Gasteiger partial charge on any atom is 0.319 e. The Labute approximate surface area is 75.7 Å². The Balaban J connectivity index is 0. The summed E-state index contributed by atoms with van der Waals surface area (Å²) >= 11 is 3.60. The molecular formula is C4H14NO5PS. The van der Waals surface area contributed by atoms with Gasteiger partial charge >= 0.3 is 6.72 Å². The van der Waals surface area contributed by atoms with Crippen LogP contribution in [0.3, 0.4) is 0 Å². The normalized spacial score (nSPS) is 10.4. The Morgan fingerprint density at radius 3 is 1.42 bits per heavy atom. The van der Waals surface area contributed by atoms with Gasteiger partial charge in [-0.25, -0.2) is 0 Å². The van der Waals surface area contributed by atoms with E-state index in [1.807, 2.05) is 0 Å². The summed E-state index contributed by atoms with van der Waals surface area (Å²) in [6, 6.07) is 0. The Morgan fingerprint density at radius 2 is 1.25 bits per heavy atom. The first-order valence-electron chi connectivity index (χ1n) is 3.12. The third-order valence-corrected chi connectivity index (χ3v) is 0.577. The summed E-state index contributed by atoms with van der Waals surface area (Å²) in [6.07, 6.45) is 0. The molecule has 0 aliphatic carbocycles. The lowest BCUT2D eigenvalue weighted by Gasteiger charge is -1.94. The van der Waals surface area contributed by atoms with E-state index in [4.69, 9.17) is 24.9 Å². The lowest BCUT2D eigenvalue weighted by atomic mass is 10.6. The highest BCUT2D eigenvalue weighted by Crippen LogP contribution is 2.26. The lowest BCUT2D eigenvalue weighted by molar-refractivity contribution is 0.266. The highest BCUT2D eigenvalue weighted by molar-refractivity contribution is 8.06. The molecule has 6 nitrogen and oxygen atoms in total. The molecular weight excluding hydrogens is 205 g/mol. The largest absolute Gasteiger partial charge is 0.395 e. The molecule has 0 aliphatic heterocycles. The molecule has 0 radical (unpaired) electrons. The van der Waals surface area contributed by atoms with Gasteiger partial charge in [0.2, 0.25) is 0 Å². The van der Waals surface area contributed by atoms with Gasteiger partial charge in [0.1, 0.15) is 0 Å². The van der Waals surface area contributed by atoms with Gasteiger partial charge in [-0.15, -0.1) is 0 Å². The van der Waals surface area contributed by atoms with Crippen molar-refractivity contribution in [1.29, 1.82) is 0 Å². The molecule has 6 N–H and O–H groups in total. The molecule has 0 spiro atoms. The van der Waals surface area contributed by atoms with Gasteiger partial charge in [-0.05, 0) is 11.8 Å². The van der Waals surface area contributed by atoms with Crippen LogP contribution in [0.25, 0.3) is 0 Å². The number of hydrogen-bond acceptors (Lipinski definition) is 4. The molecule has 0 heterocycles. The maximum atomic E-state index is 8.15. The van der Waals surface area contributed by atoms with E-state index < -0.39 is 6.72 Å². The summed E-state index contributed by atoms with van der Waals surface area (Å²) in [7, 11) is 0. The monoisotopic (exact) mass is 219 g/mol. The van der Waals surface area contributed by atoms with E-state index in [1.54, 1.807) is 0 Å². The quantitative estimate of drug-likeness (QED) is 0.234. The Bertz CT molecular complexity index is 116. The maximum absolute atomic E-state index is 8.15. The minimum Gasteiger partial charge on any atom is -0.395 e. The first-order valence-corrected chi connectivity index (χ1v) is 5.78. The van der Waals surface area contributed by atoms with Gasteiger partial charge in [0.25, 0.3) is 0 Å². The van der Waals surface area contributed by atoms with Crippen molar-refractivity contribution >= 4 is 18.5 Å². The average molecular weight is 219 g/mol. The van der Waals surface area contributed by atoms with E-state index in [1.165, 1.54) is 0 Å². The van der Waals surface area contributed by atoms with Crippen molar-refractivity contribution in [2.45, 2.75) is 0 Å². The van der Waals surface area contributed by atoms with Crippen molar-refractivity contribution in [3.05, 3.63) is 0 Å². The van der Waals surface area contributed by atoms with Crippen LogP contribution in [0.1, 0.15) is 0 Å². The zero-order valence-corrected chi connectivity index (χ0v) is 8.13. The fourth-order valence-electron chi connectivity index (χ4n) is 0.283. The smallest absolute Gasteiger partial charge is 0.319 e. The highest BCUT2D eigenvalue weighted by Gasteiger charge is 1.92. The molecule has 0 aromatic rings.